The number of ether oxygens (including phenoxy) is 1. The minimum absolute atomic E-state index is 0.664. The molecule has 2 heterocycles. The average Bonchev–Trinajstić information content (AvgIpc) is 3.03. The summed E-state index contributed by atoms with van der Waals surface area (Å²) < 4.78 is 6.97. The maximum absolute atomic E-state index is 5.07. The van der Waals surface area contributed by atoms with Crippen molar-refractivity contribution in [1.29, 1.82) is 0 Å². The standard InChI is InChI=1S/C17H17N3O/c1-21-11-10-20-9-7-17(19-20)15-5-2-4-14(12-15)16-6-3-8-18-13-16/h2-9,12-13H,10-11H2,1H3. The zero-order valence-corrected chi connectivity index (χ0v) is 11.9. The van der Waals surface area contributed by atoms with Gasteiger partial charge in [-0.05, 0) is 23.8 Å². The van der Waals surface area contributed by atoms with E-state index in [-0.39, 0.29) is 0 Å². The summed E-state index contributed by atoms with van der Waals surface area (Å²) in [6.45, 7) is 1.43. The Kier molecular flexibility index (Phi) is 4.07. The maximum Gasteiger partial charge on any atom is 0.0923 e. The Labute approximate surface area is 124 Å². The molecule has 3 rings (SSSR count). The third kappa shape index (κ3) is 3.17. The molecule has 4 nitrogen and oxygen atoms in total. The molecule has 0 atom stereocenters. The van der Waals surface area contributed by atoms with Gasteiger partial charge in [0, 0.05) is 36.8 Å². The lowest BCUT2D eigenvalue weighted by Crippen LogP contribution is -2.04. The van der Waals surface area contributed by atoms with Crippen molar-refractivity contribution in [2.24, 2.45) is 0 Å². The highest BCUT2D eigenvalue weighted by molar-refractivity contribution is 5.70. The van der Waals surface area contributed by atoms with Crippen molar-refractivity contribution < 1.29 is 4.74 Å². The number of methoxy groups -OCH3 is 1. The molecule has 2 aromatic heterocycles. The molecule has 0 amide bonds. The molecule has 0 saturated carbocycles. The molecule has 1 aromatic carbocycles. The quantitative estimate of drug-likeness (QED) is 0.719. The highest BCUT2D eigenvalue weighted by Crippen LogP contribution is 2.24. The Morgan fingerprint density at radius 1 is 1.05 bits per heavy atom. The number of rotatable bonds is 5. The van der Waals surface area contributed by atoms with Crippen LogP contribution >= 0.6 is 0 Å². The molecular formula is C17H17N3O. The van der Waals surface area contributed by atoms with E-state index < -0.39 is 0 Å². The van der Waals surface area contributed by atoms with Crippen LogP contribution < -0.4 is 0 Å². The zero-order chi connectivity index (χ0) is 14.5. The third-order valence-corrected chi connectivity index (χ3v) is 3.32. The highest BCUT2D eigenvalue weighted by Gasteiger charge is 2.04. The molecule has 3 aromatic rings. The number of hydrogen-bond donors (Lipinski definition) is 0. The van der Waals surface area contributed by atoms with Crippen molar-refractivity contribution in [1.82, 2.24) is 14.8 Å². The summed E-state index contributed by atoms with van der Waals surface area (Å²) in [4.78, 5) is 4.17. The van der Waals surface area contributed by atoms with Gasteiger partial charge in [0.15, 0.2) is 0 Å². The van der Waals surface area contributed by atoms with Crippen LogP contribution in [0.2, 0.25) is 0 Å². The Morgan fingerprint density at radius 2 is 1.90 bits per heavy atom. The van der Waals surface area contributed by atoms with Crippen molar-refractivity contribution in [3.05, 3.63) is 61.1 Å². The van der Waals surface area contributed by atoms with E-state index in [2.05, 4.69) is 34.3 Å². The second kappa shape index (κ2) is 6.33. The van der Waals surface area contributed by atoms with Gasteiger partial charge in [-0.3, -0.25) is 9.67 Å². The van der Waals surface area contributed by atoms with Gasteiger partial charge in [-0.25, -0.2) is 0 Å². The Morgan fingerprint density at radius 3 is 2.71 bits per heavy atom. The topological polar surface area (TPSA) is 39.9 Å². The molecule has 0 bridgehead atoms. The van der Waals surface area contributed by atoms with Gasteiger partial charge in [-0.2, -0.15) is 5.10 Å². The minimum atomic E-state index is 0.664. The van der Waals surface area contributed by atoms with Crippen molar-refractivity contribution in [3.63, 3.8) is 0 Å². The minimum Gasteiger partial charge on any atom is -0.383 e. The van der Waals surface area contributed by atoms with Crippen molar-refractivity contribution in [2.75, 3.05) is 13.7 Å². The third-order valence-electron chi connectivity index (χ3n) is 3.32. The second-order valence-electron chi connectivity index (χ2n) is 4.78. The molecule has 0 spiro atoms. The lowest BCUT2D eigenvalue weighted by Gasteiger charge is -2.04. The van der Waals surface area contributed by atoms with Crippen molar-refractivity contribution in [2.45, 2.75) is 6.54 Å². The smallest absolute Gasteiger partial charge is 0.0923 e. The van der Waals surface area contributed by atoms with Gasteiger partial charge >= 0.3 is 0 Å². The van der Waals surface area contributed by atoms with E-state index in [1.807, 2.05) is 35.3 Å². The van der Waals surface area contributed by atoms with E-state index in [9.17, 15) is 0 Å². The van der Waals surface area contributed by atoms with Crippen LogP contribution in [0.15, 0.2) is 61.1 Å². The van der Waals surface area contributed by atoms with Crippen LogP contribution in [-0.4, -0.2) is 28.5 Å². The van der Waals surface area contributed by atoms with Crippen LogP contribution in [0.4, 0.5) is 0 Å². The van der Waals surface area contributed by atoms with E-state index in [1.54, 1.807) is 13.3 Å². The lowest BCUT2D eigenvalue weighted by molar-refractivity contribution is 0.183. The van der Waals surface area contributed by atoms with E-state index in [1.165, 1.54) is 0 Å². The second-order valence-corrected chi connectivity index (χ2v) is 4.78. The lowest BCUT2D eigenvalue weighted by atomic mass is 10.0. The Bertz CT molecular complexity index is 707. The molecule has 4 heteroatoms. The fourth-order valence-corrected chi connectivity index (χ4v) is 2.22. The molecule has 106 valence electrons. The average molecular weight is 279 g/mol. The fourth-order valence-electron chi connectivity index (χ4n) is 2.22. The number of aromatic nitrogens is 3. The van der Waals surface area contributed by atoms with Gasteiger partial charge in [-0.15, -0.1) is 0 Å². The van der Waals surface area contributed by atoms with E-state index in [0.29, 0.717) is 6.61 Å². The Balaban J connectivity index is 1.88. The highest BCUT2D eigenvalue weighted by atomic mass is 16.5. The van der Waals surface area contributed by atoms with E-state index in [0.717, 1.165) is 28.9 Å². The van der Waals surface area contributed by atoms with Gasteiger partial charge in [0.25, 0.3) is 0 Å². The number of pyridine rings is 1. The normalized spacial score (nSPS) is 10.7. The molecule has 0 N–H and O–H groups in total. The summed E-state index contributed by atoms with van der Waals surface area (Å²) in [7, 11) is 1.70. The van der Waals surface area contributed by atoms with E-state index >= 15 is 0 Å². The maximum atomic E-state index is 5.07. The summed E-state index contributed by atoms with van der Waals surface area (Å²) in [5.74, 6) is 0. The predicted molar refractivity (Wildman–Crippen MR) is 82.8 cm³/mol. The van der Waals surface area contributed by atoms with Crippen LogP contribution in [0.5, 0.6) is 0 Å². The number of nitrogens with zero attached hydrogens (tertiary/aromatic N) is 3. The molecule has 0 saturated heterocycles. The summed E-state index contributed by atoms with van der Waals surface area (Å²) in [5.41, 5.74) is 4.33. The van der Waals surface area contributed by atoms with Gasteiger partial charge in [0.2, 0.25) is 0 Å². The SMILES string of the molecule is COCCn1ccc(-c2cccc(-c3cccnc3)c2)n1. The first-order chi connectivity index (χ1) is 10.4. The van der Waals surface area contributed by atoms with Crippen LogP contribution in [-0.2, 0) is 11.3 Å². The van der Waals surface area contributed by atoms with Crippen LogP contribution in [0, 0.1) is 0 Å². The molecule has 0 fully saturated rings. The van der Waals surface area contributed by atoms with Crippen LogP contribution in [0.3, 0.4) is 0 Å². The summed E-state index contributed by atoms with van der Waals surface area (Å²) in [6.07, 6.45) is 5.63. The number of hydrogen-bond acceptors (Lipinski definition) is 3. The van der Waals surface area contributed by atoms with Crippen molar-refractivity contribution >= 4 is 0 Å². The van der Waals surface area contributed by atoms with Crippen molar-refractivity contribution in [3.8, 4) is 22.4 Å². The predicted octanol–water partition coefficient (Wildman–Crippen LogP) is 3.26. The molecule has 0 aliphatic rings. The van der Waals surface area contributed by atoms with E-state index in [4.69, 9.17) is 4.74 Å². The number of benzene rings is 1. The molecule has 0 unspecified atom stereocenters. The van der Waals surface area contributed by atoms with Gasteiger partial charge < -0.3 is 4.74 Å². The summed E-state index contributed by atoms with van der Waals surface area (Å²) >= 11 is 0. The molecule has 0 aliphatic carbocycles. The summed E-state index contributed by atoms with van der Waals surface area (Å²) in [6, 6.07) is 14.4. The first kappa shape index (κ1) is 13.5. The van der Waals surface area contributed by atoms with Gasteiger partial charge in [-0.1, -0.05) is 24.3 Å². The summed E-state index contributed by atoms with van der Waals surface area (Å²) in [5, 5.41) is 4.57. The monoisotopic (exact) mass is 279 g/mol. The molecular weight excluding hydrogens is 262 g/mol. The molecule has 0 aliphatic heterocycles. The largest absolute Gasteiger partial charge is 0.383 e. The van der Waals surface area contributed by atoms with Crippen LogP contribution in [0.1, 0.15) is 0 Å². The zero-order valence-electron chi connectivity index (χ0n) is 11.9. The molecule has 21 heavy (non-hydrogen) atoms. The first-order valence-electron chi connectivity index (χ1n) is 6.90. The van der Waals surface area contributed by atoms with Gasteiger partial charge in [0.1, 0.15) is 0 Å². The fraction of sp³-hybridized carbons (Fsp3) is 0.176. The molecule has 0 radical (unpaired) electrons. The first-order valence-corrected chi connectivity index (χ1v) is 6.90. The van der Waals surface area contributed by atoms with Crippen LogP contribution in [0.25, 0.3) is 22.4 Å². The van der Waals surface area contributed by atoms with Gasteiger partial charge in [0.05, 0.1) is 18.8 Å². The Hall–Kier alpha value is -2.46.